The molecule has 1 atom stereocenters. The number of hydrogen-bond acceptors (Lipinski definition) is 4. The third-order valence-corrected chi connectivity index (χ3v) is 1.33. The van der Waals surface area contributed by atoms with Crippen LogP contribution in [0.3, 0.4) is 0 Å². The van der Waals surface area contributed by atoms with Crippen molar-refractivity contribution in [2.24, 2.45) is 0 Å². The van der Waals surface area contributed by atoms with E-state index in [9.17, 15) is 4.79 Å². The fourth-order valence-electron chi connectivity index (χ4n) is 0.647. The van der Waals surface area contributed by atoms with E-state index in [2.05, 4.69) is 4.74 Å². The van der Waals surface area contributed by atoms with Crippen molar-refractivity contribution in [1.29, 1.82) is 0 Å². The maximum atomic E-state index is 10.9. The summed E-state index contributed by atoms with van der Waals surface area (Å²) in [5.74, 6) is -0.391. The third-order valence-electron chi connectivity index (χ3n) is 1.33. The molecule has 4 nitrogen and oxygen atoms in total. The average Bonchev–Trinajstić information content (AvgIpc) is 2.14. The first-order valence-electron chi connectivity index (χ1n) is 4.30. The van der Waals surface area contributed by atoms with Gasteiger partial charge in [0.15, 0.2) is 0 Å². The molecule has 0 radical (unpaired) electrons. The van der Waals surface area contributed by atoms with Crippen molar-refractivity contribution in [3.63, 3.8) is 0 Å². The first-order valence-corrected chi connectivity index (χ1v) is 4.30. The van der Waals surface area contributed by atoms with Gasteiger partial charge in [0.25, 0.3) is 0 Å². The van der Waals surface area contributed by atoms with Crippen molar-refractivity contribution < 1.29 is 19.7 Å². The van der Waals surface area contributed by atoms with Gasteiger partial charge in [-0.1, -0.05) is 19.1 Å². The van der Waals surface area contributed by atoms with Gasteiger partial charge in [-0.25, -0.2) is 0 Å². The Morgan fingerprint density at radius 2 is 2.23 bits per heavy atom. The predicted octanol–water partition coefficient (Wildman–Crippen LogP) is 0.239. The summed E-state index contributed by atoms with van der Waals surface area (Å²) in [6.45, 7) is 1.44. The molecule has 0 saturated heterocycles. The molecule has 13 heavy (non-hydrogen) atoms. The highest BCUT2D eigenvalue weighted by atomic mass is 16.5. The Labute approximate surface area is 77.8 Å². The van der Waals surface area contributed by atoms with E-state index in [1.807, 2.05) is 13.0 Å². The molecule has 2 N–H and O–H groups in total. The van der Waals surface area contributed by atoms with Crippen molar-refractivity contribution >= 4 is 5.97 Å². The van der Waals surface area contributed by atoms with Crippen LogP contribution in [0.15, 0.2) is 12.2 Å². The molecule has 0 saturated carbocycles. The number of rotatable bonds is 6. The van der Waals surface area contributed by atoms with Gasteiger partial charge in [-0.3, -0.25) is 4.79 Å². The summed E-state index contributed by atoms with van der Waals surface area (Å²) in [6.07, 6.45) is 3.70. The fourth-order valence-corrected chi connectivity index (χ4v) is 0.647. The molecule has 4 heteroatoms. The highest BCUT2D eigenvalue weighted by Gasteiger charge is 2.05. The van der Waals surface area contributed by atoms with Crippen LogP contribution in [0.5, 0.6) is 0 Å². The Morgan fingerprint density at radius 1 is 1.54 bits per heavy atom. The lowest BCUT2D eigenvalue weighted by Crippen LogP contribution is -2.21. The average molecular weight is 188 g/mol. The van der Waals surface area contributed by atoms with E-state index < -0.39 is 18.7 Å². The van der Waals surface area contributed by atoms with Gasteiger partial charge in [0, 0.05) is 0 Å². The lowest BCUT2D eigenvalue weighted by atomic mass is 10.3. The molecule has 0 heterocycles. The number of carbonyl (C=O) groups is 1. The Bertz CT molecular complexity index is 165. The number of carbonyl (C=O) groups excluding carboxylic acids is 1. The summed E-state index contributed by atoms with van der Waals surface area (Å²) in [5, 5.41) is 17.2. The van der Waals surface area contributed by atoms with Gasteiger partial charge in [0.2, 0.25) is 0 Å². The molecule has 0 bridgehead atoms. The van der Waals surface area contributed by atoms with E-state index in [4.69, 9.17) is 10.2 Å². The van der Waals surface area contributed by atoms with Crippen LogP contribution in [0, 0.1) is 0 Å². The van der Waals surface area contributed by atoms with Crippen LogP contribution in [0.1, 0.15) is 19.8 Å². The molecule has 1 unspecified atom stereocenters. The van der Waals surface area contributed by atoms with Crippen molar-refractivity contribution in [3.8, 4) is 0 Å². The number of allylic oxidation sites excluding steroid dienone is 1. The highest BCUT2D eigenvalue weighted by Crippen LogP contribution is 1.92. The number of ether oxygens (including phenoxy) is 1. The molecule has 0 aromatic rings. The van der Waals surface area contributed by atoms with Crippen molar-refractivity contribution in [1.82, 2.24) is 0 Å². The predicted molar refractivity (Wildman–Crippen MR) is 48.1 cm³/mol. The van der Waals surface area contributed by atoms with Crippen LogP contribution in [0.2, 0.25) is 0 Å². The molecule has 76 valence electrons. The zero-order valence-corrected chi connectivity index (χ0v) is 7.77. The second-order valence-corrected chi connectivity index (χ2v) is 2.60. The smallest absolute Gasteiger partial charge is 0.309 e. The van der Waals surface area contributed by atoms with Gasteiger partial charge in [-0.05, 0) is 6.42 Å². The van der Waals surface area contributed by atoms with Gasteiger partial charge < -0.3 is 14.9 Å². The van der Waals surface area contributed by atoms with E-state index in [1.165, 1.54) is 0 Å². The second-order valence-electron chi connectivity index (χ2n) is 2.60. The fraction of sp³-hybridized carbons (Fsp3) is 0.667. The van der Waals surface area contributed by atoms with E-state index in [0.29, 0.717) is 0 Å². The summed E-state index contributed by atoms with van der Waals surface area (Å²) in [7, 11) is 0. The van der Waals surface area contributed by atoms with Crippen molar-refractivity contribution in [3.05, 3.63) is 12.2 Å². The molecule has 0 aliphatic rings. The SMILES string of the molecule is CC/C=C/CC(=O)OCC(O)CO. The van der Waals surface area contributed by atoms with Crippen LogP contribution in [-0.4, -0.2) is 35.5 Å². The lowest BCUT2D eigenvalue weighted by molar-refractivity contribution is -0.146. The maximum absolute atomic E-state index is 10.9. The second kappa shape index (κ2) is 7.76. The Morgan fingerprint density at radius 3 is 2.77 bits per heavy atom. The zero-order chi connectivity index (χ0) is 10.1. The zero-order valence-electron chi connectivity index (χ0n) is 7.77. The Balaban J connectivity index is 3.46. The van der Waals surface area contributed by atoms with Crippen LogP contribution < -0.4 is 0 Å². The van der Waals surface area contributed by atoms with Crippen LogP contribution in [-0.2, 0) is 9.53 Å². The normalized spacial score (nSPS) is 13.2. The van der Waals surface area contributed by atoms with Gasteiger partial charge in [-0.15, -0.1) is 0 Å². The van der Waals surface area contributed by atoms with Crippen LogP contribution in [0.25, 0.3) is 0 Å². The molecular weight excluding hydrogens is 172 g/mol. The summed E-state index contributed by atoms with van der Waals surface area (Å²) in [5.41, 5.74) is 0. The van der Waals surface area contributed by atoms with E-state index in [0.717, 1.165) is 6.42 Å². The quantitative estimate of drug-likeness (QED) is 0.463. The van der Waals surface area contributed by atoms with Gasteiger partial charge in [0.05, 0.1) is 13.0 Å². The third kappa shape index (κ3) is 7.49. The van der Waals surface area contributed by atoms with Crippen molar-refractivity contribution in [2.75, 3.05) is 13.2 Å². The first-order chi connectivity index (χ1) is 6.20. The number of aliphatic hydroxyl groups is 2. The van der Waals surface area contributed by atoms with E-state index in [1.54, 1.807) is 6.08 Å². The topological polar surface area (TPSA) is 66.8 Å². The standard InChI is InChI=1S/C9H16O4/c1-2-3-4-5-9(12)13-7-8(11)6-10/h3-4,8,10-11H,2,5-7H2,1H3/b4-3+. The summed E-state index contributed by atoms with van der Waals surface area (Å²) < 4.78 is 4.64. The van der Waals surface area contributed by atoms with Crippen LogP contribution in [0.4, 0.5) is 0 Å². The molecule has 0 aliphatic heterocycles. The Hall–Kier alpha value is -0.870. The van der Waals surface area contributed by atoms with Crippen LogP contribution >= 0.6 is 0 Å². The lowest BCUT2D eigenvalue weighted by Gasteiger charge is -2.06. The summed E-state index contributed by atoms with van der Waals surface area (Å²) in [6, 6.07) is 0. The van der Waals surface area contributed by atoms with Crippen molar-refractivity contribution in [2.45, 2.75) is 25.9 Å². The minimum absolute atomic E-state index is 0.144. The molecule has 0 amide bonds. The van der Waals surface area contributed by atoms with Gasteiger partial charge in [-0.2, -0.15) is 0 Å². The molecular formula is C9H16O4. The summed E-state index contributed by atoms with van der Waals surface area (Å²) in [4.78, 5) is 10.9. The Kier molecular flexibility index (Phi) is 7.24. The van der Waals surface area contributed by atoms with Gasteiger partial charge in [0.1, 0.15) is 12.7 Å². The minimum atomic E-state index is -0.973. The number of hydrogen-bond donors (Lipinski definition) is 2. The largest absolute Gasteiger partial charge is 0.463 e. The van der Waals surface area contributed by atoms with E-state index >= 15 is 0 Å². The maximum Gasteiger partial charge on any atom is 0.309 e. The number of esters is 1. The summed E-state index contributed by atoms with van der Waals surface area (Å²) >= 11 is 0. The molecule has 0 rings (SSSR count). The first kappa shape index (κ1) is 12.1. The monoisotopic (exact) mass is 188 g/mol. The molecule has 0 aromatic carbocycles. The minimum Gasteiger partial charge on any atom is -0.463 e. The molecule has 0 fully saturated rings. The molecule has 0 spiro atoms. The highest BCUT2D eigenvalue weighted by molar-refractivity contribution is 5.71. The molecule has 0 aromatic heterocycles. The van der Waals surface area contributed by atoms with E-state index in [-0.39, 0.29) is 13.0 Å². The number of aliphatic hydroxyl groups excluding tert-OH is 2. The van der Waals surface area contributed by atoms with Gasteiger partial charge >= 0.3 is 5.97 Å². The molecule has 0 aliphatic carbocycles.